The van der Waals surface area contributed by atoms with Gasteiger partial charge in [0.2, 0.25) is 0 Å². The van der Waals surface area contributed by atoms with Gasteiger partial charge in [0.1, 0.15) is 5.75 Å². The summed E-state index contributed by atoms with van der Waals surface area (Å²) in [5.41, 5.74) is 6.68. The quantitative estimate of drug-likeness (QED) is 0.716. The Balaban J connectivity index is 2.26. The second-order valence-electron chi connectivity index (χ2n) is 3.95. The Labute approximate surface area is 98.2 Å². The molecule has 16 heavy (non-hydrogen) atoms. The Morgan fingerprint density at radius 1 is 1.38 bits per heavy atom. The topological polar surface area (TPSA) is 38.5 Å². The molecule has 0 radical (unpaired) electrons. The molecule has 0 aliphatic rings. The zero-order valence-electron chi connectivity index (χ0n) is 10.3. The van der Waals surface area contributed by atoms with Crippen molar-refractivity contribution in [3.8, 4) is 5.75 Å². The molecule has 90 valence electrons. The molecule has 0 aromatic heterocycles. The number of ether oxygens (including phenoxy) is 1. The van der Waals surface area contributed by atoms with Crippen molar-refractivity contribution in [2.24, 2.45) is 5.73 Å². The van der Waals surface area contributed by atoms with E-state index in [4.69, 9.17) is 10.5 Å². The highest BCUT2D eigenvalue weighted by molar-refractivity contribution is 5.28. The third-order valence-electron chi connectivity index (χ3n) is 2.63. The van der Waals surface area contributed by atoms with Gasteiger partial charge in [-0.05, 0) is 37.7 Å². The van der Waals surface area contributed by atoms with Crippen molar-refractivity contribution in [3.05, 3.63) is 29.8 Å². The highest BCUT2D eigenvalue weighted by atomic mass is 16.5. The minimum absolute atomic E-state index is 0.565. The van der Waals surface area contributed by atoms with E-state index in [1.807, 2.05) is 24.3 Å². The van der Waals surface area contributed by atoms with E-state index in [0.717, 1.165) is 37.4 Å². The molecule has 0 saturated carbocycles. The number of nitrogens with zero attached hydrogens (tertiary/aromatic N) is 1. The number of rotatable bonds is 7. The van der Waals surface area contributed by atoms with Gasteiger partial charge in [0, 0.05) is 13.1 Å². The van der Waals surface area contributed by atoms with Crippen molar-refractivity contribution in [2.75, 3.05) is 26.7 Å². The van der Waals surface area contributed by atoms with Crippen LogP contribution in [0.3, 0.4) is 0 Å². The lowest BCUT2D eigenvalue weighted by atomic mass is 10.2. The van der Waals surface area contributed by atoms with Crippen LogP contribution in [0, 0.1) is 0 Å². The number of hydrogen-bond donors (Lipinski definition) is 1. The van der Waals surface area contributed by atoms with E-state index in [0.29, 0.717) is 6.54 Å². The maximum atomic E-state index is 5.66. The van der Waals surface area contributed by atoms with Gasteiger partial charge < -0.3 is 15.4 Å². The summed E-state index contributed by atoms with van der Waals surface area (Å²) in [6.45, 7) is 5.65. The molecule has 0 amide bonds. The Bertz CT molecular complexity index is 302. The molecule has 1 aromatic rings. The first-order valence-corrected chi connectivity index (χ1v) is 5.86. The molecule has 0 unspecified atom stereocenters. The van der Waals surface area contributed by atoms with E-state index in [-0.39, 0.29) is 0 Å². The summed E-state index contributed by atoms with van der Waals surface area (Å²) in [6.07, 6.45) is 1.05. The molecule has 0 atom stereocenters. The minimum Gasteiger partial charge on any atom is -0.494 e. The van der Waals surface area contributed by atoms with E-state index in [1.54, 1.807) is 0 Å². The fourth-order valence-corrected chi connectivity index (χ4v) is 1.44. The Morgan fingerprint density at radius 2 is 2.19 bits per heavy atom. The first-order chi connectivity index (χ1) is 7.76. The first kappa shape index (κ1) is 13.0. The van der Waals surface area contributed by atoms with Gasteiger partial charge in [0.25, 0.3) is 0 Å². The summed E-state index contributed by atoms with van der Waals surface area (Å²) in [6, 6.07) is 7.97. The normalized spacial score (nSPS) is 10.8. The van der Waals surface area contributed by atoms with Crippen LogP contribution in [0.5, 0.6) is 5.75 Å². The predicted octanol–water partition coefficient (Wildman–Crippen LogP) is 1.87. The highest BCUT2D eigenvalue weighted by Crippen LogP contribution is 2.12. The zero-order chi connectivity index (χ0) is 11.8. The summed E-state index contributed by atoms with van der Waals surface area (Å²) < 4.78 is 5.66. The third kappa shape index (κ3) is 4.64. The van der Waals surface area contributed by atoms with Gasteiger partial charge in [-0.25, -0.2) is 0 Å². The molecular weight excluding hydrogens is 200 g/mol. The Hall–Kier alpha value is -1.06. The van der Waals surface area contributed by atoms with Crippen molar-refractivity contribution in [2.45, 2.75) is 19.9 Å². The highest BCUT2D eigenvalue weighted by Gasteiger charge is 1.97. The second-order valence-corrected chi connectivity index (χ2v) is 3.95. The molecule has 0 aliphatic heterocycles. The van der Waals surface area contributed by atoms with Gasteiger partial charge in [-0.15, -0.1) is 0 Å². The number of benzene rings is 1. The maximum Gasteiger partial charge on any atom is 0.119 e. The van der Waals surface area contributed by atoms with Crippen LogP contribution in [0.25, 0.3) is 0 Å². The van der Waals surface area contributed by atoms with Crippen LogP contribution in [0.2, 0.25) is 0 Å². The smallest absolute Gasteiger partial charge is 0.119 e. The van der Waals surface area contributed by atoms with E-state index >= 15 is 0 Å². The fraction of sp³-hybridized carbons (Fsp3) is 0.538. The Morgan fingerprint density at radius 3 is 2.88 bits per heavy atom. The SMILES string of the molecule is CCN(C)CCCOc1cccc(CN)c1. The van der Waals surface area contributed by atoms with E-state index < -0.39 is 0 Å². The monoisotopic (exact) mass is 222 g/mol. The van der Waals surface area contributed by atoms with Gasteiger partial charge in [-0.1, -0.05) is 19.1 Å². The lowest BCUT2D eigenvalue weighted by Crippen LogP contribution is -2.20. The van der Waals surface area contributed by atoms with Gasteiger partial charge in [0.05, 0.1) is 6.61 Å². The summed E-state index contributed by atoms with van der Waals surface area (Å²) in [7, 11) is 2.12. The molecule has 1 aromatic carbocycles. The van der Waals surface area contributed by atoms with Crippen LogP contribution in [0.4, 0.5) is 0 Å². The number of nitrogens with two attached hydrogens (primary N) is 1. The Kier molecular flexibility index (Phi) is 5.90. The summed E-state index contributed by atoms with van der Waals surface area (Å²) in [5.74, 6) is 0.919. The fourth-order valence-electron chi connectivity index (χ4n) is 1.44. The van der Waals surface area contributed by atoms with Gasteiger partial charge >= 0.3 is 0 Å². The summed E-state index contributed by atoms with van der Waals surface area (Å²) in [5, 5.41) is 0. The van der Waals surface area contributed by atoms with Crippen LogP contribution in [0.1, 0.15) is 18.9 Å². The van der Waals surface area contributed by atoms with Crippen LogP contribution < -0.4 is 10.5 Å². The van der Waals surface area contributed by atoms with Crippen LogP contribution in [-0.4, -0.2) is 31.6 Å². The van der Waals surface area contributed by atoms with E-state index in [9.17, 15) is 0 Å². The molecule has 0 heterocycles. The number of hydrogen-bond acceptors (Lipinski definition) is 3. The van der Waals surface area contributed by atoms with Crippen molar-refractivity contribution in [3.63, 3.8) is 0 Å². The van der Waals surface area contributed by atoms with Gasteiger partial charge in [-0.2, -0.15) is 0 Å². The zero-order valence-corrected chi connectivity index (χ0v) is 10.3. The predicted molar refractivity (Wildman–Crippen MR) is 67.6 cm³/mol. The van der Waals surface area contributed by atoms with E-state index in [1.165, 1.54) is 0 Å². The molecule has 0 spiro atoms. The molecule has 0 fully saturated rings. The van der Waals surface area contributed by atoms with Crippen LogP contribution >= 0.6 is 0 Å². The van der Waals surface area contributed by atoms with Crippen molar-refractivity contribution in [1.29, 1.82) is 0 Å². The van der Waals surface area contributed by atoms with Crippen LogP contribution in [-0.2, 0) is 6.54 Å². The lowest BCUT2D eigenvalue weighted by molar-refractivity contribution is 0.268. The molecule has 0 aliphatic carbocycles. The van der Waals surface area contributed by atoms with E-state index in [2.05, 4.69) is 18.9 Å². The summed E-state index contributed by atoms with van der Waals surface area (Å²) >= 11 is 0. The van der Waals surface area contributed by atoms with Crippen molar-refractivity contribution >= 4 is 0 Å². The van der Waals surface area contributed by atoms with Crippen LogP contribution in [0.15, 0.2) is 24.3 Å². The van der Waals surface area contributed by atoms with Crippen molar-refractivity contribution in [1.82, 2.24) is 4.90 Å². The molecular formula is C13H22N2O. The third-order valence-corrected chi connectivity index (χ3v) is 2.63. The van der Waals surface area contributed by atoms with Crippen molar-refractivity contribution < 1.29 is 4.74 Å². The van der Waals surface area contributed by atoms with Gasteiger partial charge in [0.15, 0.2) is 0 Å². The molecule has 2 N–H and O–H groups in total. The molecule has 3 heteroatoms. The standard InChI is InChI=1S/C13H22N2O/c1-3-15(2)8-5-9-16-13-7-4-6-12(10-13)11-14/h4,6-7,10H,3,5,8-9,11,14H2,1-2H3. The molecule has 1 rings (SSSR count). The summed E-state index contributed by atoms with van der Waals surface area (Å²) in [4.78, 5) is 2.28. The second kappa shape index (κ2) is 7.25. The first-order valence-electron chi connectivity index (χ1n) is 5.86. The molecule has 3 nitrogen and oxygen atoms in total. The minimum atomic E-state index is 0.565. The average molecular weight is 222 g/mol. The largest absolute Gasteiger partial charge is 0.494 e. The molecule has 0 saturated heterocycles. The van der Waals surface area contributed by atoms with Gasteiger partial charge in [-0.3, -0.25) is 0 Å². The maximum absolute atomic E-state index is 5.66. The lowest BCUT2D eigenvalue weighted by Gasteiger charge is -2.13. The molecule has 0 bridgehead atoms. The average Bonchev–Trinajstić information content (AvgIpc) is 2.34.